The van der Waals surface area contributed by atoms with Crippen molar-refractivity contribution < 1.29 is 42.4 Å². The van der Waals surface area contributed by atoms with Crippen molar-refractivity contribution in [3.05, 3.63) is 76.1 Å². The van der Waals surface area contributed by atoms with Crippen LogP contribution in [0.4, 0.5) is 18.0 Å². The SMILES string of the molecule is CCCC(CO)N=C/C(C(=O)OCC)=C(\O)c1cc(F)c(C2(NC(=O)OCc3ccccc3)CC2)c(F)c1F. The minimum atomic E-state index is -1.63. The molecular formula is C28H31F3N2O6. The fourth-order valence-electron chi connectivity index (χ4n) is 4.01. The number of nitrogens with one attached hydrogen (secondary N) is 1. The second-order valence-corrected chi connectivity index (χ2v) is 9.06. The fraction of sp³-hybridized carbons (Fsp3) is 0.393. The predicted octanol–water partition coefficient (Wildman–Crippen LogP) is 5.08. The number of alkyl carbamates (subject to hydrolysis) is 1. The van der Waals surface area contributed by atoms with Crippen LogP contribution >= 0.6 is 0 Å². The van der Waals surface area contributed by atoms with Gasteiger partial charge in [0.2, 0.25) is 0 Å². The van der Waals surface area contributed by atoms with Gasteiger partial charge in [-0.1, -0.05) is 43.7 Å². The van der Waals surface area contributed by atoms with E-state index >= 15 is 13.2 Å². The number of carbonyl (C=O) groups excluding carboxylic acids is 2. The first-order valence-electron chi connectivity index (χ1n) is 12.6. The zero-order valence-electron chi connectivity index (χ0n) is 21.7. The number of rotatable bonds is 12. The number of hydrogen-bond donors (Lipinski definition) is 3. The number of nitrogens with zero attached hydrogens (tertiary/aromatic N) is 1. The first-order chi connectivity index (χ1) is 18.7. The Morgan fingerprint density at radius 3 is 2.41 bits per heavy atom. The number of ether oxygens (including phenoxy) is 2. The highest BCUT2D eigenvalue weighted by atomic mass is 19.2. The van der Waals surface area contributed by atoms with E-state index in [9.17, 15) is 19.8 Å². The quantitative estimate of drug-likeness (QED) is 0.112. The molecule has 0 aliphatic heterocycles. The number of halogens is 3. The third kappa shape index (κ3) is 7.17. The van der Waals surface area contributed by atoms with Crippen LogP contribution in [0.5, 0.6) is 0 Å². The van der Waals surface area contributed by atoms with Crippen molar-refractivity contribution in [2.75, 3.05) is 13.2 Å². The smallest absolute Gasteiger partial charge is 0.408 e. The van der Waals surface area contributed by atoms with Crippen LogP contribution in [0, 0.1) is 17.5 Å². The van der Waals surface area contributed by atoms with Crippen LogP contribution in [0.15, 0.2) is 47.0 Å². The van der Waals surface area contributed by atoms with Crippen LogP contribution in [0.2, 0.25) is 0 Å². The molecule has 11 heteroatoms. The zero-order valence-corrected chi connectivity index (χ0v) is 21.7. The molecule has 2 aromatic carbocycles. The summed E-state index contributed by atoms with van der Waals surface area (Å²) in [5, 5.41) is 22.6. The van der Waals surface area contributed by atoms with Crippen molar-refractivity contribution in [2.45, 2.75) is 57.7 Å². The van der Waals surface area contributed by atoms with Gasteiger partial charge >= 0.3 is 12.1 Å². The van der Waals surface area contributed by atoms with Gasteiger partial charge in [-0.25, -0.2) is 22.8 Å². The van der Waals surface area contributed by atoms with Crippen molar-refractivity contribution in [3.8, 4) is 0 Å². The molecule has 0 radical (unpaired) electrons. The molecular weight excluding hydrogens is 517 g/mol. The lowest BCUT2D eigenvalue weighted by atomic mass is 9.98. The largest absolute Gasteiger partial charge is 0.506 e. The molecule has 39 heavy (non-hydrogen) atoms. The lowest BCUT2D eigenvalue weighted by Crippen LogP contribution is -2.37. The van der Waals surface area contributed by atoms with Crippen molar-refractivity contribution in [1.82, 2.24) is 5.32 Å². The summed E-state index contributed by atoms with van der Waals surface area (Å²) in [6.07, 6.45) is 1.33. The van der Waals surface area contributed by atoms with E-state index in [1.165, 1.54) is 6.92 Å². The molecule has 0 spiro atoms. The summed E-state index contributed by atoms with van der Waals surface area (Å²) in [5.41, 5.74) is -3.11. The van der Waals surface area contributed by atoms with Gasteiger partial charge in [0.25, 0.3) is 0 Å². The monoisotopic (exact) mass is 548 g/mol. The van der Waals surface area contributed by atoms with Crippen LogP contribution < -0.4 is 5.32 Å². The number of aliphatic imine (C=N–C) groups is 1. The summed E-state index contributed by atoms with van der Waals surface area (Å²) in [6, 6.07) is 8.70. The van der Waals surface area contributed by atoms with Crippen LogP contribution in [-0.4, -0.2) is 47.7 Å². The van der Waals surface area contributed by atoms with Crippen LogP contribution in [0.1, 0.15) is 56.2 Å². The van der Waals surface area contributed by atoms with Gasteiger partial charge in [0, 0.05) is 6.21 Å². The maximum atomic E-state index is 15.3. The van der Waals surface area contributed by atoms with E-state index in [-0.39, 0.29) is 32.7 Å². The Balaban J connectivity index is 1.92. The maximum Gasteiger partial charge on any atom is 0.408 e. The minimum Gasteiger partial charge on any atom is -0.506 e. The van der Waals surface area contributed by atoms with E-state index in [1.54, 1.807) is 30.3 Å². The van der Waals surface area contributed by atoms with Crippen LogP contribution in [-0.2, 0) is 26.4 Å². The molecule has 1 saturated carbocycles. The maximum absolute atomic E-state index is 15.3. The highest BCUT2D eigenvalue weighted by Gasteiger charge is 2.51. The zero-order chi connectivity index (χ0) is 28.6. The van der Waals surface area contributed by atoms with E-state index < -0.39 is 63.6 Å². The number of aliphatic hydroxyl groups is 2. The molecule has 2 aromatic rings. The number of carbonyl (C=O) groups is 2. The Morgan fingerprint density at radius 1 is 1.13 bits per heavy atom. The van der Waals surface area contributed by atoms with Gasteiger partial charge in [-0.2, -0.15) is 0 Å². The average Bonchev–Trinajstić information content (AvgIpc) is 3.69. The molecule has 1 aliphatic carbocycles. The number of benzene rings is 2. The summed E-state index contributed by atoms with van der Waals surface area (Å²) in [6.45, 7) is 2.83. The number of amides is 1. The molecule has 0 bridgehead atoms. The molecule has 8 nitrogen and oxygen atoms in total. The number of hydrogen-bond acceptors (Lipinski definition) is 7. The van der Waals surface area contributed by atoms with E-state index in [0.717, 1.165) is 6.21 Å². The predicted molar refractivity (Wildman–Crippen MR) is 137 cm³/mol. The third-order valence-electron chi connectivity index (χ3n) is 6.19. The Labute approximate surface area is 224 Å². The Bertz CT molecular complexity index is 1250. The number of aliphatic hydroxyl groups excluding tert-OH is 2. The van der Waals surface area contributed by atoms with Crippen molar-refractivity contribution >= 4 is 24.0 Å². The second-order valence-electron chi connectivity index (χ2n) is 9.06. The van der Waals surface area contributed by atoms with Crippen LogP contribution in [0.25, 0.3) is 5.76 Å². The Hall–Kier alpha value is -3.86. The standard InChI is InChI=1S/C28H31F3N2O6/c1-3-8-18(15-34)32-14-20(26(36)38-4-2)25(35)19-13-21(29)22(24(31)23(19)30)28(11-12-28)33-27(37)39-16-17-9-6-5-7-10-17/h5-7,9-10,13-14,18,34-35H,3-4,8,11-12,15-16H2,1-2H3,(H,33,37)/b25-20+,32-14?. The summed E-state index contributed by atoms with van der Waals surface area (Å²) >= 11 is 0. The van der Waals surface area contributed by atoms with Gasteiger partial charge in [-0.3, -0.25) is 4.99 Å². The van der Waals surface area contributed by atoms with Crippen molar-refractivity contribution in [2.24, 2.45) is 4.99 Å². The third-order valence-corrected chi connectivity index (χ3v) is 6.19. The highest BCUT2D eigenvalue weighted by molar-refractivity contribution is 6.15. The average molecular weight is 549 g/mol. The first kappa shape index (κ1) is 29.7. The summed E-state index contributed by atoms with van der Waals surface area (Å²) in [7, 11) is 0. The van der Waals surface area contributed by atoms with Gasteiger partial charge in [0.15, 0.2) is 11.6 Å². The van der Waals surface area contributed by atoms with Gasteiger partial charge in [-0.15, -0.1) is 0 Å². The topological polar surface area (TPSA) is 117 Å². The molecule has 3 rings (SSSR count). The summed E-state index contributed by atoms with van der Waals surface area (Å²) in [4.78, 5) is 28.8. The minimum absolute atomic E-state index is 0.0761. The lowest BCUT2D eigenvalue weighted by Gasteiger charge is -2.20. The molecule has 1 amide bonds. The van der Waals surface area contributed by atoms with Crippen LogP contribution in [0.3, 0.4) is 0 Å². The van der Waals surface area contributed by atoms with Gasteiger partial charge in [0.05, 0.1) is 35.9 Å². The molecule has 3 N–H and O–H groups in total. The normalized spacial score (nSPS) is 15.4. The molecule has 1 atom stereocenters. The molecule has 1 unspecified atom stereocenters. The van der Waals surface area contributed by atoms with Gasteiger partial charge in [0.1, 0.15) is 23.8 Å². The molecule has 1 aliphatic rings. The Morgan fingerprint density at radius 2 is 1.82 bits per heavy atom. The molecule has 210 valence electrons. The van der Waals surface area contributed by atoms with E-state index in [4.69, 9.17) is 9.47 Å². The van der Waals surface area contributed by atoms with Crippen molar-refractivity contribution in [1.29, 1.82) is 0 Å². The molecule has 0 heterocycles. The molecule has 0 saturated heterocycles. The number of esters is 1. The van der Waals surface area contributed by atoms with E-state index in [2.05, 4.69) is 10.3 Å². The highest BCUT2D eigenvalue weighted by Crippen LogP contribution is 2.48. The van der Waals surface area contributed by atoms with E-state index in [0.29, 0.717) is 24.5 Å². The first-order valence-corrected chi connectivity index (χ1v) is 12.6. The Kier molecular flexibility index (Phi) is 10.1. The van der Waals surface area contributed by atoms with Gasteiger partial charge < -0.3 is 25.0 Å². The molecule has 1 fully saturated rings. The molecule has 0 aromatic heterocycles. The lowest BCUT2D eigenvalue weighted by molar-refractivity contribution is -0.137. The fourth-order valence-corrected chi connectivity index (χ4v) is 4.01. The summed E-state index contributed by atoms with van der Waals surface area (Å²) in [5.74, 6) is -6.69. The van der Waals surface area contributed by atoms with Gasteiger partial charge in [-0.05, 0) is 37.8 Å². The van der Waals surface area contributed by atoms with Crippen molar-refractivity contribution in [3.63, 3.8) is 0 Å². The second kappa shape index (κ2) is 13.3. The summed E-state index contributed by atoms with van der Waals surface area (Å²) < 4.78 is 55.8. The van der Waals surface area contributed by atoms with E-state index in [1.807, 2.05) is 6.92 Å².